The molecule has 0 spiro atoms. The number of pyridine rings is 2. The zero-order valence-electron chi connectivity index (χ0n) is 17.6. The maximum absolute atomic E-state index is 10.3. The van der Waals surface area contributed by atoms with Crippen molar-refractivity contribution in [2.24, 2.45) is 0 Å². The number of hydrogen-bond acceptors (Lipinski definition) is 4. The highest BCUT2D eigenvalue weighted by Crippen LogP contribution is 2.49. The number of fused-ring (bicyclic) bond motifs is 2. The van der Waals surface area contributed by atoms with Crippen LogP contribution in [0.2, 0.25) is 0 Å². The maximum Gasteiger partial charge on any atom is 0.139 e. The van der Waals surface area contributed by atoms with Crippen molar-refractivity contribution in [2.75, 3.05) is 0 Å². The van der Waals surface area contributed by atoms with Gasteiger partial charge in [0, 0.05) is 40.2 Å². The van der Waals surface area contributed by atoms with Crippen LogP contribution in [0.3, 0.4) is 0 Å². The highest BCUT2D eigenvalue weighted by Gasteiger charge is 2.16. The maximum atomic E-state index is 10.3. The van der Waals surface area contributed by atoms with Crippen molar-refractivity contribution < 1.29 is 9.52 Å². The van der Waals surface area contributed by atoms with E-state index in [2.05, 4.69) is 46.4 Å². The normalized spacial score (nSPS) is 12.5. The molecule has 0 saturated carbocycles. The minimum atomic E-state index is -0.982. The summed E-state index contributed by atoms with van der Waals surface area (Å²) in [5.41, 5.74) is 5.94. The van der Waals surface area contributed by atoms with E-state index in [9.17, 15) is 5.11 Å². The van der Waals surface area contributed by atoms with E-state index in [4.69, 9.17) is 4.42 Å². The smallest absolute Gasteiger partial charge is 0.139 e. The lowest BCUT2D eigenvalue weighted by molar-refractivity contribution is 0.541. The van der Waals surface area contributed by atoms with Gasteiger partial charge >= 0.3 is 0 Å². The number of rotatable bonds is 2. The molecule has 0 fully saturated rings. The van der Waals surface area contributed by atoms with Crippen LogP contribution in [0, 0.1) is 0 Å². The largest absolute Gasteiger partial charge is 0.515 e. The van der Waals surface area contributed by atoms with Crippen molar-refractivity contribution in [3.63, 3.8) is 0 Å². The van der Waals surface area contributed by atoms with Gasteiger partial charge in [0.25, 0.3) is 0 Å². The molecule has 4 heterocycles. The first-order valence-electron chi connectivity index (χ1n) is 10.6. The van der Waals surface area contributed by atoms with Crippen LogP contribution in [0.5, 0.6) is 0 Å². The third-order valence-electron chi connectivity index (χ3n) is 5.84. The van der Waals surface area contributed by atoms with Crippen LogP contribution in [0.15, 0.2) is 108 Å². The summed E-state index contributed by atoms with van der Waals surface area (Å²) in [5, 5.41) is 13.6. The third-order valence-corrected chi connectivity index (χ3v) is 8.39. The summed E-state index contributed by atoms with van der Waals surface area (Å²) in [6.45, 7) is 0. The minimum Gasteiger partial charge on any atom is -0.515 e. The quantitative estimate of drug-likeness (QED) is 0.284. The van der Waals surface area contributed by atoms with Crippen LogP contribution in [0.4, 0.5) is 0 Å². The first kappa shape index (κ1) is 19.5. The lowest BCUT2D eigenvalue weighted by Crippen LogP contribution is -1.98. The fourth-order valence-electron chi connectivity index (χ4n) is 4.28. The fraction of sp³-hybridized carbons (Fsp3) is 0. The van der Waals surface area contributed by atoms with Gasteiger partial charge in [0.2, 0.25) is 0 Å². The number of aliphatic hydroxyl groups excluding tert-OH is 1. The molecule has 4 nitrogen and oxygen atoms in total. The molecule has 0 aliphatic carbocycles. The summed E-state index contributed by atoms with van der Waals surface area (Å²) in [7, 11) is -0.982. The number of aromatic nitrogens is 2. The molecule has 5 heteroatoms. The summed E-state index contributed by atoms with van der Waals surface area (Å²) in [4.78, 5) is 9.13. The third kappa shape index (κ3) is 3.42. The van der Waals surface area contributed by atoms with Gasteiger partial charge in [-0.15, -0.1) is 0 Å². The molecule has 1 N–H and O–H groups in total. The zero-order valence-corrected chi connectivity index (χ0v) is 18.5. The van der Waals surface area contributed by atoms with E-state index in [1.165, 1.54) is 6.26 Å². The van der Waals surface area contributed by atoms with E-state index < -0.39 is 7.53 Å². The van der Waals surface area contributed by atoms with Crippen LogP contribution in [0.25, 0.3) is 55.5 Å². The molecule has 0 bridgehead atoms. The Hall–Kier alpha value is -4.14. The predicted molar refractivity (Wildman–Crippen MR) is 135 cm³/mol. The molecule has 2 aliphatic rings. The summed E-state index contributed by atoms with van der Waals surface area (Å²) in [6.07, 6.45) is 8.40. The standard InChI is InChI=1S/C28H19N2O2P/c31-18-24-6-4-21(19-8-12-29-13-9-19)16-23-2-1-3-25-28(23)33(24)27-7-5-22(17-26(27)32-25)20-10-14-30-15-11-20/h1-18,31H/b6-4?,21-16?,24-18-. The molecule has 158 valence electrons. The summed E-state index contributed by atoms with van der Waals surface area (Å²) < 4.78 is 6.44. The van der Waals surface area contributed by atoms with E-state index >= 15 is 0 Å². The van der Waals surface area contributed by atoms with Gasteiger partial charge in [-0.2, -0.15) is 0 Å². The van der Waals surface area contributed by atoms with Crippen LogP contribution in [0.1, 0.15) is 0 Å². The molecule has 4 aromatic rings. The van der Waals surface area contributed by atoms with Crippen molar-refractivity contribution in [2.45, 2.75) is 0 Å². The molecule has 1 unspecified atom stereocenters. The fourth-order valence-corrected chi connectivity index (χ4v) is 6.69. The van der Waals surface area contributed by atoms with Crippen LogP contribution in [-0.4, -0.2) is 15.1 Å². The average Bonchev–Trinajstić information content (AvgIpc) is 2.87. The van der Waals surface area contributed by atoms with Gasteiger partial charge in [0.15, 0.2) is 0 Å². The van der Waals surface area contributed by atoms with Gasteiger partial charge in [-0.1, -0.05) is 31.8 Å². The molecule has 0 radical (unpaired) electrons. The molecule has 0 saturated heterocycles. The Morgan fingerprint density at radius 3 is 2.03 bits per heavy atom. The predicted octanol–water partition coefficient (Wildman–Crippen LogP) is 7.26. The number of aliphatic hydroxyl groups is 1. The van der Waals surface area contributed by atoms with Crippen molar-refractivity contribution in [1.82, 2.24) is 9.97 Å². The second-order valence-electron chi connectivity index (χ2n) is 7.77. The van der Waals surface area contributed by atoms with Crippen molar-refractivity contribution in [1.29, 1.82) is 0 Å². The summed E-state index contributed by atoms with van der Waals surface area (Å²) in [5.74, 6) is 0. The van der Waals surface area contributed by atoms with Crippen molar-refractivity contribution in [3.8, 4) is 27.6 Å². The Morgan fingerprint density at radius 2 is 1.33 bits per heavy atom. The molecule has 2 aromatic heterocycles. The van der Waals surface area contributed by atoms with Gasteiger partial charge in [-0.25, -0.2) is 0 Å². The van der Waals surface area contributed by atoms with Crippen LogP contribution >= 0.6 is 7.53 Å². The van der Waals surface area contributed by atoms with Crippen molar-refractivity contribution >= 4 is 35.5 Å². The molecule has 2 aliphatic heterocycles. The van der Waals surface area contributed by atoms with E-state index in [-0.39, 0.29) is 0 Å². The minimum absolute atomic E-state index is 0.826. The van der Waals surface area contributed by atoms with E-state index in [0.29, 0.717) is 0 Å². The monoisotopic (exact) mass is 446 g/mol. The molecule has 0 amide bonds. The first-order valence-corrected chi connectivity index (χ1v) is 12.0. The highest BCUT2D eigenvalue weighted by molar-refractivity contribution is 7.62. The number of hydrogen-bond donors (Lipinski definition) is 1. The van der Waals surface area contributed by atoms with E-state index in [1.54, 1.807) is 24.8 Å². The van der Waals surface area contributed by atoms with Crippen molar-refractivity contribution in [3.05, 3.63) is 109 Å². The van der Waals surface area contributed by atoms with E-state index in [1.807, 2.05) is 42.5 Å². The summed E-state index contributed by atoms with van der Waals surface area (Å²) in [6, 6.07) is 26.7. The highest BCUT2D eigenvalue weighted by atomic mass is 31.1. The van der Waals surface area contributed by atoms with Gasteiger partial charge in [0.1, 0.15) is 11.2 Å². The molecular weight excluding hydrogens is 427 g/mol. The lowest BCUT2D eigenvalue weighted by Gasteiger charge is -2.15. The molecule has 6 rings (SSSR count). The van der Waals surface area contributed by atoms with E-state index in [0.717, 1.165) is 54.2 Å². The number of benzene rings is 2. The topological polar surface area (TPSA) is 59.2 Å². The Morgan fingerprint density at radius 1 is 0.667 bits per heavy atom. The Labute approximate surface area is 191 Å². The van der Waals surface area contributed by atoms with Crippen LogP contribution < -0.4 is 4.95 Å². The second-order valence-corrected chi connectivity index (χ2v) is 9.89. The Kier molecular flexibility index (Phi) is 4.79. The molecule has 2 aromatic carbocycles. The SMILES string of the molecule is O/C=c1/ccc(-c2ccncc2)cc2cccc3oc4cc(-c5ccncc5)ccc4p1-c23. The molecular formula is C28H19N2O2P. The average molecular weight is 446 g/mol. The van der Waals surface area contributed by atoms with Gasteiger partial charge in [-0.3, -0.25) is 9.97 Å². The first-order chi connectivity index (χ1) is 16.3. The lowest BCUT2D eigenvalue weighted by atomic mass is 10.1. The van der Waals surface area contributed by atoms with Gasteiger partial charge < -0.3 is 9.52 Å². The zero-order chi connectivity index (χ0) is 22.2. The Balaban J connectivity index is 1.72. The molecule has 33 heavy (non-hydrogen) atoms. The van der Waals surface area contributed by atoms with Gasteiger partial charge in [-0.05, 0) is 82.2 Å². The van der Waals surface area contributed by atoms with Crippen LogP contribution in [-0.2, 0) is 0 Å². The number of nitrogens with zero attached hydrogens (tertiary/aromatic N) is 2. The van der Waals surface area contributed by atoms with Gasteiger partial charge in [0.05, 0.1) is 6.26 Å². The summed E-state index contributed by atoms with van der Waals surface area (Å²) >= 11 is 0. The molecule has 1 atom stereocenters. The second kappa shape index (κ2) is 8.09. The Bertz CT molecular complexity index is 1670.